The number of hydrogen-bond donors (Lipinski definition) is 0. The summed E-state index contributed by atoms with van der Waals surface area (Å²) in [4.78, 5) is 0. The molecule has 1 unspecified atom stereocenters. The van der Waals surface area contributed by atoms with Crippen molar-refractivity contribution >= 4 is 11.8 Å². The van der Waals surface area contributed by atoms with Crippen LogP contribution in [0.25, 0.3) is 0 Å². The van der Waals surface area contributed by atoms with E-state index in [2.05, 4.69) is 0 Å². The van der Waals surface area contributed by atoms with Crippen molar-refractivity contribution in [2.75, 3.05) is 0 Å². The molecule has 78 valence electrons. The fraction of sp³-hybridized carbons (Fsp3) is 0.636. The molecule has 0 N–H and O–H groups in total. The summed E-state index contributed by atoms with van der Waals surface area (Å²) in [5.41, 5.74) is 0. The highest BCUT2D eigenvalue weighted by Gasteiger charge is 2.23. The summed E-state index contributed by atoms with van der Waals surface area (Å²) in [5.74, 6) is -1.35. The standard InChI is InChI=1S/C11H14F2S/c12-10-6-2-5-9(7-11(10)13)14-8-3-1-4-8/h6-9H,1-5H2. The minimum Gasteiger partial charge on any atom is -0.204 e. The Hall–Kier alpha value is -0.310. The van der Waals surface area contributed by atoms with E-state index in [0.29, 0.717) is 11.7 Å². The molecule has 0 bridgehead atoms. The lowest BCUT2D eigenvalue weighted by Gasteiger charge is -2.27. The van der Waals surface area contributed by atoms with Gasteiger partial charge in [-0.15, -0.1) is 0 Å². The highest BCUT2D eigenvalue weighted by molar-refractivity contribution is 8.00. The molecule has 0 aromatic heterocycles. The summed E-state index contributed by atoms with van der Waals surface area (Å²) in [6, 6.07) is 0. The molecule has 0 aromatic rings. The third-order valence-electron chi connectivity index (χ3n) is 2.75. The van der Waals surface area contributed by atoms with Crippen molar-refractivity contribution in [3.63, 3.8) is 0 Å². The van der Waals surface area contributed by atoms with Gasteiger partial charge in [-0.1, -0.05) is 6.42 Å². The van der Waals surface area contributed by atoms with Gasteiger partial charge in [0.05, 0.1) is 0 Å². The lowest BCUT2D eigenvalue weighted by atomic mass is 10.00. The predicted octanol–water partition coefficient (Wildman–Crippen LogP) is 4.14. The van der Waals surface area contributed by atoms with E-state index in [4.69, 9.17) is 0 Å². The summed E-state index contributed by atoms with van der Waals surface area (Å²) in [6.07, 6.45) is 8.10. The smallest absolute Gasteiger partial charge is 0.155 e. The van der Waals surface area contributed by atoms with E-state index < -0.39 is 11.7 Å². The number of thioether (sulfide) groups is 1. The van der Waals surface area contributed by atoms with Gasteiger partial charge in [0.1, 0.15) is 0 Å². The molecular formula is C11H14F2S. The van der Waals surface area contributed by atoms with Crippen LogP contribution in [0.1, 0.15) is 32.1 Å². The van der Waals surface area contributed by atoms with Crippen LogP contribution in [0.2, 0.25) is 0 Å². The third-order valence-corrected chi connectivity index (χ3v) is 4.33. The Labute approximate surface area is 87.5 Å². The molecule has 14 heavy (non-hydrogen) atoms. The zero-order valence-corrected chi connectivity index (χ0v) is 8.83. The summed E-state index contributed by atoms with van der Waals surface area (Å²) >= 11 is 1.81. The van der Waals surface area contributed by atoms with Crippen molar-refractivity contribution in [3.8, 4) is 0 Å². The van der Waals surface area contributed by atoms with Gasteiger partial charge in [-0.2, -0.15) is 11.8 Å². The molecule has 1 fully saturated rings. The fourth-order valence-corrected chi connectivity index (χ4v) is 3.23. The second kappa shape index (κ2) is 4.47. The summed E-state index contributed by atoms with van der Waals surface area (Å²) in [7, 11) is 0. The Morgan fingerprint density at radius 1 is 1.14 bits per heavy atom. The molecule has 0 aromatic carbocycles. The van der Waals surface area contributed by atoms with E-state index in [-0.39, 0.29) is 5.25 Å². The maximum Gasteiger partial charge on any atom is 0.155 e. The molecule has 0 spiro atoms. The predicted molar refractivity (Wildman–Crippen MR) is 56.6 cm³/mol. The normalized spacial score (nSPS) is 28.9. The van der Waals surface area contributed by atoms with E-state index in [0.717, 1.165) is 6.42 Å². The average Bonchev–Trinajstić information content (AvgIpc) is 2.23. The number of rotatable bonds is 2. The summed E-state index contributed by atoms with van der Waals surface area (Å²) < 4.78 is 25.9. The van der Waals surface area contributed by atoms with E-state index in [1.807, 2.05) is 11.8 Å². The van der Waals surface area contributed by atoms with Gasteiger partial charge >= 0.3 is 0 Å². The monoisotopic (exact) mass is 216 g/mol. The molecule has 2 rings (SSSR count). The lowest BCUT2D eigenvalue weighted by molar-refractivity contribution is 0.520. The maximum atomic E-state index is 13.1. The van der Waals surface area contributed by atoms with E-state index in [1.54, 1.807) is 0 Å². The van der Waals surface area contributed by atoms with Crippen LogP contribution >= 0.6 is 11.8 Å². The minimum atomic E-state index is -0.679. The Bertz CT molecular complexity index is 266. The average molecular weight is 216 g/mol. The van der Waals surface area contributed by atoms with Crippen LogP contribution in [0.4, 0.5) is 8.78 Å². The Morgan fingerprint density at radius 2 is 1.93 bits per heavy atom. The molecule has 2 aliphatic rings. The van der Waals surface area contributed by atoms with Gasteiger partial charge in [-0.25, -0.2) is 8.78 Å². The van der Waals surface area contributed by atoms with Gasteiger partial charge in [0.2, 0.25) is 0 Å². The van der Waals surface area contributed by atoms with Crippen LogP contribution < -0.4 is 0 Å². The molecule has 1 atom stereocenters. The quantitative estimate of drug-likeness (QED) is 0.668. The van der Waals surface area contributed by atoms with Crippen LogP contribution in [0.15, 0.2) is 23.8 Å². The topological polar surface area (TPSA) is 0 Å². The van der Waals surface area contributed by atoms with E-state index >= 15 is 0 Å². The molecule has 0 heterocycles. The van der Waals surface area contributed by atoms with Gasteiger partial charge in [-0.05, 0) is 37.8 Å². The second-order valence-corrected chi connectivity index (χ2v) is 5.42. The molecule has 1 saturated carbocycles. The van der Waals surface area contributed by atoms with Crippen LogP contribution in [0, 0.1) is 0 Å². The molecular weight excluding hydrogens is 202 g/mol. The molecule has 0 amide bonds. The summed E-state index contributed by atoms with van der Waals surface area (Å²) in [5, 5.41) is 0.856. The van der Waals surface area contributed by atoms with Gasteiger partial charge in [0.15, 0.2) is 11.7 Å². The van der Waals surface area contributed by atoms with Gasteiger partial charge < -0.3 is 0 Å². The van der Waals surface area contributed by atoms with Gasteiger partial charge in [0, 0.05) is 10.5 Å². The Morgan fingerprint density at radius 3 is 2.57 bits per heavy atom. The number of halogens is 2. The van der Waals surface area contributed by atoms with Crippen molar-refractivity contribution in [1.82, 2.24) is 0 Å². The van der Waals surface area contributed by atoms with Crippen molar-refractivity contribution in [1.29, 1.82) is 0 Å². The molecule has 2 aliphatic carbocycles. The third kappa shape index (κ3) is 2.38. The SMILES string of the molecule is FC1=CCCC(SC2CCC2)C=C1F. The van der Waals surface area contributed by atoms with Crippen molar-refractivity contribution in [2.45, 2.75) is 42.6 Å². The Kier molecular flexibility index (Phi) is 3.26. The number of hydrogen-bond acceptors (Lipinski definition) is 1. The van der Waals surface area contributed by atoms with Gasteiger partial charge in [0.25, 0.3) is 0 Å². The first-order valence-corrected chi connectivity index (χ1v) is 6.09. The number of allylic oxidation sites excluding steroid dienone is 3. The maximum absolute atomic E-state index is 13.1. The molecule has 0 saturated heterocycles. The van der Waals surface area contributed by atoms with E-state index in [9.17, 15) is 8.78 Å². The largest absolute Gasteiger partial charge is 0.204 e. The van der Waals surface area contributed by atoms with Crippen molar-refractivity contribution in [3.05, 3.63) is 23.8 Å². The molecule has 0 radical (unpaired) electrons. The zero-order valence-electron chi connectivity index (χ0n) is 8.01. The van der Waals surface area contributed by atoms with Crippen LogP contribution in [0.5, 0.6) is 0 Å². The summed E-state index contributed by atoms with van der Waals surface area (Å²) in [6.45, 7) is 0. The first-order chi connectivity index (χ1) is 6.75. The Balaban J connectivity index is 1.93. The van der Waals surface area contributed by atoms with Gasteiger partial charge in [-0.3, -0.25) is 0 Å². The lowest BCUT2D eigenvalue weighted by Crippen LogP contribution is -2.17. The molecule has 3 heteroatoms. The van der Waals surface area contributed by atoms with E-state index in [1.165, 1.54) is 31.4 Å². The molecule has 0 nitrogen and oxygen atoms in total. The zero-order chi connectivity index (χ0) is 9.97. The van der Waals surface area contributed by atoms with Crippen LogP contribution in [-0.2, 0) is 0 Å². The van der Waals surface area contributed by atoms with Crippen molar-refractivity contribution < 1.29 is 8.78 Å². The van der Waals surface area contributed by atoms with Crippen LogP contribution in [-0.4, -0.2) is 10.5 Å². The van der Waals surface area contributed by atoms with Crippen molar-refractivity contribution in [2.24, 2.45) is 0 Å². The minimum absolute atomic E-state index is 0.171. The van der Waals surface area contributed by atoms with Crippen LogP contribution in [0.3, 0.4) is 0 Å². The highest BCUT2D eigenvalue weighted by atomic mass is 32.2. The fourth-order valence-electron chi connectivity index (χ4n) is 1.66. The first-order valence-electron chi connectivity index (χ1n) is 5.14. The second-order valence-electron chi connectivity index (χ2n) is 3.87. The first kappa shape index (κ1) is 10.2. The highest BCUT2D eigenvalue weighted by Crippen LogP contribution is 2.37. The molecule has 0 aliphatic heterocycles.